The maximum atomic E-state index is 13.2. The molecule has 1 N–H and O–H groups in total. The van der Waals surface area contributed by atoms with E-state index in [4.69, 9.17) is 0 Å². The summed E-state index contributed by atoms with van der Waals surface area (Å²) in [6.07, 6.45) is 0. The Labute approximate surface area is 167 Å². The van der Waals surface area contributed by atoms with Gasteiger partial charge in [-0.05, 0) is 55.3 Å². The number of ketones is 1. The molecule has 0 amide bonds. The Morgan fingerprint density at radius 2 is 1.79 bits per heavy atom. The molecule has 142 valence electrons. The van der Waals surface area contributed by atoms with Crippen molar-refractivity contribution in [3.63, 3.8) is 0 Å². The molecule has 0 fully saturated rings. The van der Waals surface area contributed by atoms with Gasteiger partial charge in [0.05, 0.1) is 10.9 Å². The van der Waals surface area contributed by atoms with Crippen molar-refractivity contribution in [1.29, 1.82) is 0 Å². The van der Waals surface area contributed by atoms with Gasteiger partial charge in [-0.15, -0.1) is 5.10 Å². The van der Waals surface area contributed by atoms with Gasteiger partial charge in [-0.2, -0.15) is 4.68 Å². The monoisotopic (exact) mass is 391 g/mol. The lowest BCUT2D eigenvalue weighted by Crippen LogP contribution is -2.16. The first-order valence-electron chi connectivity index (χ1n) is 9.10. The molecule has 1 atom stereocenters. The number of carbonyl (C=O) groups is 1. The molecule has 4 aromatic rings. The van der Waals surface area contributed by atoms with Crippen molar-refractivity contribution in [2.75, 3.05) is 0 Å². The molecule has 0 saturated carbocycles. The van der Waals surface area contributed by atoms with Gasteiger partial charge in [0.25, 0.3) is 0 Å². The Bertz CT molecular complexity index is 1160. The number of thioether (sulfide) groups is 1. The highest BCUT2D eigenvalue weighted by Gasteiger charge is 2.25. The van der Waals surface area contributed by atoms with Gasteiger partial charge in [0.15, 0.2) is 5.78 Å². The van der Waals surface area contributed by atoms with Crippen molar-refractivity contribution in [3.05, 3.63) is 64.8 Å². The molecule has 2 aromatic heterocycles. The Morgan fingerprint density at radius 3 is 2.54 bits per heavy atom. The maximum absolute atomic E-state index is 13.2. The molecule has 2 heterocycles. The zero-order chi connectivity index (χ0) is 19.8. The predicted molar refractivity (Wildman–Crippen MR) is 111 cm³/mol. The van der Waals surface area contributed by atoms with E-state index in [0.29, 0.717) is 5.16 Å². The standard InChI is InChI=1S/C21H21N5OS/c1-12-8-7-9-13(2)19(12)26-21(23-24-25-26)28-15(4)20(27)18-14(3)22-17-11-6-5-10-16(17)18/h5-11,15,22H,1-4H3. The molecular weight excluding hydrogens is 370 g/mol. The molecule has 0 aliphatic heterocycles. The number of Topliss-reactive ketones (excluding diaryl/α,β-unsaturated/α-hetero) is 1. The number of carbonyl (C=O) groups excluding carboxylic acids is 1. The summed E-state index contributed by atoms with van der Waals surface area (Å²) < 4.78 is 1.72. The van der Waals surface area contributed by atoms with Crippen LogP contribution in [0.25, 0.3) is 16.6 Å². The molecule has 0 aliphatic rings. The average Bonchev–Trinajstić information content (AvgIpc) is 3.24. The number of benzene rings is 2. The number of H-pyrrole nitrogens is 1. The molecule has 7 heteroatoms. The first-order valence-corrected chi connectivity index (χ1v) is 9.98. The van der Waals surface area contributed by atoms with Crippen molar-refractivity contribution in [3.8, 4) is 5.69 Å². The van der Waals surface area contributed by atoms with Crippen molar-refractivity contribution in [2.45, 2.75) is 38.1 Å². The summed E-state index contributed by atoms with van der Waals surface area (Å²) >= 11 is 1.38. The topological polar surface area (TPSA) is 76.5 Å². The molecule has 6 nitrogen and oxygen atoms in total. The minimum absolute atomic E-state index is 0.0657. The van der Waals surface area contributed by atoms with E-state index in [1.807, 2.05) is 70.2 Å². The lowest BCUT2D eigenvalue weighted by Gasteiger charge is -2.13. The van der Waals surface area contributed by atoms with E-state index in [2.05, 4.69) is 20.5 Å². The summed E-state index contributed by atoms with van der Waals surface area (Å²) in [5, 5.41) is 13.4. The molecule has 1 unspecified atom stereocenters. The Balaban J connectivity index is 1.67. The number of aromatic nitrogens is 5. The second kappa shape index (κ2) is 7.24. The first-order chi connectivity index (χ1) is 13.5. The van der Waals surface area contributed by atoms with Gasteiger partial charge in [-0.1, -0.05) is 48.2 Å². The number of aryl methyl sites for hydroxylation is 3. The molecule has 28 heavy (non-hydrogen) atoms. The first kappa shape index (κ1) is 18.4. The molecule has 2 aromatic carbocycles. The number of tetrazole rings is 1. The number of nitrogens with zero attached hydrogens (tertiary/aromatic N) is 4. The van der Waals surface area contributed by atoms with Crippen LogP contribution in [0.2, 0.25) is 0 Å². The van der Waals surface area contributed by atoms with Gasteiger partial charge in [-0.3, -0.25) is 4.79 Å². The number of hydrogen-bond acceptors (Lipinski definition) is 5. The van der Waals surface area contributed by atoms with E-state index in [0.717, 1.165) is 39.0 Å². The SMILES string of the molecule is Cc1cccc(C)c1-n1nnnc1SC(C)C(=O)c1c(C)[nH]c2ccccc12. The molecular formula is C21H21N5OS. The predicted octanol–water partition coefficient (Wildman–Crippen LogP) is 4.43. The van der Waals surface area contributed by atoms with Gasteiger partial charge < -0.3 is 4.98 Å². The third kappa shape index (κ3) is 3.11. The highest BCUT2D eigenvalue weighted by Crippen LogP contribution is 2.30. The van der Waals surface area contributed by atoms with Crippen LogP contribution >= 0.6 is 11.8 Å². The highest BCUT2D eigenvalue weighted by atomic mass is 32.2. The molecule has 0 saturated heterocycles. The summed E-state index contributed by atoms with van der Waals surface area (Å²) in [6, 6.07) is 13.9. The van der Waals surface area contributed by atoms with Crippen LogP contribution in [0.4, 0.5) is 0 Å². The van der Waals surface area contributed by atoms with Crippen molar-refractivity contribution >= 4 is 28.4 Å². The third-order valence-corrected chi connectivity index (χ3v) is 5.92. The minimum Gasteiger partial charge on any atom is -0.358 e. The third-order valence-electron chi connectivity index (χ3n) is 4.88. The van der Waals surface area contributed by atoms with Gasteiger partial charge in [-0.25, -0.2) is 0 Å². The van der Waals surface area contributed by atoms with Crippen LogP contribution in [-0.2, 0) is 0 Å². The van der Waals surface area contributed by atoms with Crippen LogP contribution in [0.5, 0.6) is 0 Å². The van der Waals surface area contributed by atoms with Crippen LogP contribution in [0.15, 0.2) is 47.6 Å². The number of fused-ring (bicyclic) bond motifs is 1. The summed E-state index contributed by atoms with van der Waals surface area (Å²) in [5.74, 6) is 0.0657. The maximum Gasteiger partial charge on any atom is 0.214 e. The Morgan fingerprint density at radius 1 is 1.07 bits per heavy atom. The van der Waals surface area contributed by atoms with Crippen LogP contribution < -0.4 is 0 Å². The summed E-state index contributed by atoms with van der Waals surface area (Å²) in [6.45, 7) is 7.90. The fourth-order valence-electron chi connectivity index (χ4n) is 3.54. The number of aromatic amines is 1. The van der Waals surface area contributed by atoms with E-state index in [9.17, 15) is 4.79 Å². The molecule has 0 spiro atoms. The normalized spacial score (nSPS) is 12.4. The van der Waals surface area contributed by atoms with Gasteiger partial charge in [0.2, 0.25) is 5.16 Å². The molecule has 0 bridgehead atoms. The van der Waals surface area contributed by atoms with Crippen LogP contribution in [0.1, 0.15) is 34.1 Å². The number of rotatable bonds is 5. The van der Waals surface area contributed by atoms with Crippen LogP contribution in [0, 0.1) is 20.8 Å². The van der Waals surface area contributed by atoms with Crippen LogP contribution in [-0.4, -0.2) is 36.2 Å². The van der Waals surface area contributed by atoms with Crippen molar-refractivity contribution in [1.82, 2.24) is 25.2 Å². The van der Waals surface area contributed by atoms with Gasteiger partial charge in [0, 0.05) is 22.2 Å². The number of para-hydroxylation sites is 2. The van der Waals surface area contributed by atoms with Crippen LogP contribution in [0.3, 0.4) is 0 Å². The van der Waals surface area contributed by atoms with E-state index in [-0.39, 0.29) is 11.0 Å². The number of nitrogens with one attached hydrogen (secondary N) is 1. The van der Waals surface area contributed by atoms with E-state index in [1.54, 1.807) is 4.68 Å². The van der Waals surface area contributed by atoms with E-state index >= 15 is 0 Å². The smallest absolute Gasteiger partial charge is 0.214 e. The summed E-state index contributed by atoms with van der Waals surface area (Å²) in [5.41, 5.74) is 5.72. The number of hydrogen-bond donors (Lipinski definition) is 1. The lowest BCUT2D eigenvalue weighted by atomic mass is 10.1. The average molecular weight is 392 g/mol. The Hall–Kier alpha value is -2.93. The molecule has 0 radical (unpaired) electrons. The molecule has 4 rings (SSSR count). The highest BCUT2D eigenvalue weighted by molar-refractivity contribution is 8.00. The quantitative estimate of drug-likeness (QED) is 0.402. The lowest BCUT2D eigenvalue weighted by molar-refractivity contribution is 0.0995. The largest absolute Gasteiger partial charge is 0.358 e. The zero-order valence-corrected chi connectivity index (χ0v) is 17.0. The second-order valence-electron chi connectivity index (χ2n) is 6.91. The van der Waals surface area contributed by atoms with Gasteiger partial charge >= 0.3 is 0 Å². The van der Waals surface area contributed by atoms with E-state index in [1.165, 1.54) is 11.8 Å². The van der Waals surface area contributed by atoms with Crippen molar-refractivity contribution in [2.24, 2.45) is 0 Å². The summed E-state index contributed by atoms with van der Waals surface area (Å²) in [4.78, 5) is 16.5. The zero-order valence-electron chi connectivity index (χ0n) is 16.2. The fourth-order valence-corrected chi connectivity index (χ4v) is 4.39. The fraction of sp³-hybridized carbons (Fsp3) is 0.238. The second-order valence-corrected chi connectivity index (χ2v) is 8.22. The summed E-state index contributed by atoms with van der Waals surface area (Å²) in [7, 11) is 0. The van der Waals surface area contributed by atoms with E-state index < -0.39 is 0 Å². The van der Waals surface area contributed by atoms with Crippen molar-refractivity contribution < 1.29 is 4.79 Å². The Kier molecular flexibility index (Phi) is 4.77. The molecule has 0 aliphatic carbocycles. The minimum atomic E-state index is -0.327. The van der Waals surface area contributed by atoms with Gasteiger partial charge in [0.1, 0.15) is 0 Å².